The Morgan fingerprint density at radius 2 is 1.70 bits per heavy atom. The van der Waals surface area contributed by atoms with Gasteiger partial charge >= 0.3 is 5.97 Å². The smallest absolute Gasteiger partial charge is 0.303 e. The van der Waals surface area contributed by atoms with Crippen molar-refractivity contribution in [3.8, 4) is 0 Å². The number of carboxylic acids is 1. The first-order chi connectivity index (χ1) is 20.6. The summed E-state index contributed by atoms with van der Waals surface area (Å²) in [5.74, 6) is 0.0285. The minimum absolute atomic E-state index is 0.0783. The topological polar surface area (TPSA) is 70.4 Å². The first-order valence-corrected chi connectivity index (χ1v) is 16.0. The van der Waals surface area contributed by atoms with E-state index in [4.69, 9.17) is 21.7 Å². The minimum atomic E-state index is -0.816. The Bertz CT molecular complexity index is 1520. The van der Waals surface area contributed by atoms with E-state index in [0.717, 1.165) is 65.6 Å². The van der Waals surface area contributed by atoms with E-state index in [1.54, 1.807) is 0 Å². The number of aliphatic hydroxyl groups is 1. The van der Waals surface area contributed by atoms with E-state index in [1.807, 2.05) is 76.2 Å². The van der Waals surface area contributed by atoms with Crippen LogP contribution in [-0.2, 0) is 23.2 Å². The van der Waals surface area contributed by atoms with Gasteiger partial charge in [-0.05, 0) is 104 Å². The van der Waals surface area contributed by atoms with Gasteiger partial charge in [-0.1, -0.05) is 92.2 Å². The number of thiol groups is 1. The summed E-state index contributed by atoms with van der Waals surface area (Å²) in [5, 5.41) is 20.6. The molecule has 0 bridgehead atoms. The number of aryl methyl sites for hydroxylation is 2. The van der Waals surface area contributed by atoms with Gasteiger partial charge in [-0.15, -0.1) is 0 Å². The van der Waals surface area contributed by atoms with E-state index in [2.05, 4.69) is 55.1 Å². The van der Waals surface area contributed by atoms with Crippen LogP contribution in [0.4, 0.5) is 0 Å². The molecule has 2 N–H and O–H groups in total. The summed E-state index contributed by atoms with van der Waals surface area (Å²) < 4.78 is 0. The first-order valence-electron chi connectivity index (χ1n) is 15.0. The van der Waals surface area contributed by atoms with Gasteiger partial charge < -0.3 is 10.2 Å². The van der Waals surface area contributed by atoms with Crippen LogP contribution in [0.25, 0.3) is 23.1 Å². The lowest BCUT2D eigenvalue weighted by Crippen LogP contribution is -2.18. The van der Waals surface area contributed by atoms with Crippen LogP contribution >= 0.6 is 24.2 Å². The maximum atomic E-state index is 10.4. The van der Waals surface area contributed by atoms with Crippen molar-refractivity contribution < 1.29 is 15.0 Å². The van der Waals surface area contributed by atoms with Gasteiger partial charge in [-0.2, -0.15) is 12.6 Å². The highest BCUT2D eigenvalue weighted by molar-refractivity contribution is 7.80. The summed E-state index contributed by atoms with van der Waals surface area (Å²) in [7, 11) is 0. The molecule has 1 aliphatic carbocycles. The predicted octanol–water partition coefficient (Wildman–Crippen LogP) is 9.66. The molecule has 0 saturated heterocycles. The molecule has 0 aliphatic heterocycles. The first kappa shape index (κ1) is 34.4. The molecule has 43 heavy (non-hydrogen) atoms. The number of fused-ring (bicyclic) bond motifs is 1. The lowest BCUT2D eigenvalue weighted by Gasteiger charge is -2.21. The number of nitrogens with zero attached hydrogens (tertiary/aromatic N) is 1. The molecule has 1 fully saturated rings. The second-order valence-corrected chi connectivity index (χ2v) is 12.2. The summed E-state index contributed by atoms with van der Waals surface area (Å²) in [6.07, 6.45) is 9.51. The number of hydrogen-bond donors (Lipinski definition) is 3. The molecule has 0 amide bonds. The Kier molecular flexibility index (Phi) is 12.9. The third-order valence-electron chi connectivity index (χ3n) is 7.48. The zero-order chi connectivity index (χ0) is 31.5. The van der Waals surface area contributed by atoms with Crippen molar-refractivity contribution in [2.45, 2.75) is 71.8 Å². The van der Waals surface area contributed by atoms with E-state index in [9.17, 15) is 9.90 Å². The Balaban J connectivity index is 0.000000390. The van der Waals surface area contributed by atoms with Crippen LogP contribution in [-0.4, -0.2) is 26.9 Å². The zero-order valence-electron chi connectivity index (χ0n) is 25.7. The molecule has 5 rings (SSSR count). The van der Waals surface area contributed by atoms with Crippen molar-refractivity contribution in [2.24, 2.45) is 5.41 Å². The molecule has 0 spiro atoms. The summed E-state index contributed by atoms with van der Waals surface area (Å²) >= 11 is 10.2. The maximum absolute atomic E-state index is 10.4. The van der Waals surface area contributed by atoms with Crippen molar-refractivity contribution in [3.63, 3.8) is 0 Å². The molecule has 0 radical (unpaired) electrons. The van der Waals surface area contributed by atoms with Crippen molar-refractivity contribution in [2.75, 3.05) is 5.75 Å². The lowest BCUT2D eigenvalue weighted by atomic mass is 9.90. The predicted molar refractivity (Wildman–Crippen MR) is 185 cm³/mol. The summed E-state index contributed by atoms with van der Waals surface area (Å²) in [6.45, 7) is 7.70. The molecule has 0 unspecified atom stereocenters. The highest BCUT2D eigenvalue weighted by Gasteiger charge is 2.42. The van der Waals surface area contributed by atoms with Crippen LogP contribution < -0.4 is 0 Å². The van der Waals surface area contributed by atoms with Gasteiger partial charge in [0.05, 0.1) is 23.2 Å². The Morgan fingerprint density at radius 3 is 2.35 bits per heavy atom. The van der Waals surface area contributed by atoms with Crippen LogP contribution in [0, 0.1) is 5.41 Å². The number of aliphatic carboxylic acids is 1. The molecule has 4 aromatic rings. The van der Waals surface area contributed by atoms with Crippen LogP contribution in [0.5, 0.6) is 0 Å². The normalized spacial score (nSPS) is 13.6. The molecular weight excluding hydrogens is 574 g/mol. The number of benzene rings is 3. The second kappa shape index (κ2) is 16.1. The lowest BCUT2D eigenvalue weighted by molar-refractivity contribution is -0.138. The van der Waals surface area contributed by atoms with Crippen LogP contribution in [0.15, 0.2) is 78.9 Å². The zero-order valence-corrected chi connectivity index (χ0v) is 27.3. The number of carbonyl (C=O) groups is 1. The molecule has 0 atom stereocenters. The van der Waals surface area contributed by atoms with E-state index in [-0.39, 0.29) is 5.41 Å². The fourth-order valence-electron chi connectivity index (χ4n) is 4.94. The van der Waals surface area contributed by atoms with E-state index < -0.39 is 11.6 Å². The fourth-order valence-corrected chi connectivity index (χ4v) is 5.53. The Morgan fingerprint density at radius 1 is 0.977 bits per heavy atom. The number of carboxylic acid groups (broad SMARTS) is 1. The van der Waals surface area contributed by atoms with Gasteiger partial charge in [0.2, 0.25) is 0 Å². The maximum Gasteiger partial charge on any atom is 0.303 e. The highest BCUT2D eigenvalue weighted by atomic mass is 35.5. The summed E-state index contributed by atoms with van der Waals surface area (Å²) in [6, 6.07) is 26.7. The number of rotatable bonds is 10. The van der Waals surface area contributed by atoms with Gasteiger partial charge in [0.1, 0.15) is 0 Å². The third kappa shape index (κ3) is 10.8. The average Bonchev–Trinajstić information content (AvgIpc) is 3.76. The van der Waals surface area contributed by atoms with Gasteiger partial charge in [0, 0.05) is 10.4 Å². The number of pyridine rings is 1. The van der Waals surface area contributed by atoms with Crippen molar-refractivity contribution in [3.05, 3.63) is 112 Å². The molecule has 1 aliphatic rings. The molecule has 3 aromatic carbocycles. The SMILES string of the molecule is CC.CC(C)(O)c1ccccc1CCCc1cccc(/C=C/c2ccc3ccc(Cl)cc3n2)c1.O=C(O)CC1(CS)CC1. The van der Waals surface area contributed by atoms with E-state index >= 15 is 0 Å². The quantitative estimate of drug-likeness (QED) is 0.155. The van der Waals surface area contributed by atoms with Gasteiger partial charge in [-0.25, -0.2) is 4.98 Å². The highest BCUT2D eigenvalue weighted by Crippen LogP contribution is 2.49. The van der Waals surface area contributed by atoms with Crippen LogP contribution in [0.1, 0.15) is 81.3 Å². The van der Waals surface area contributed by atoms with Gasteiger partial charge in [0.15, 0.2) is 0 Å². The van der Waals surface area contributed by atoms with Gasteiger partial charge in [0.25, 0.3) is 0 Å². The average molecular weight is 618 g/mol. The number of halogens is 1. The summed E-state index contributed by atoms with van der Waals surface area (Å²) in [4.78, 5) is 14.9. The molecular formula is C37H44ClNO3S. The number of hydrogen-bond acceptors (Lipinski definition) is 4. The second-order valence-electron chi connectivity index (χ2n) is 11.4. The van der Waals surface area contributed by atoms with Gasteiger partial charge in [-0.3, -0.25) is 4.79 Å². The minimum Gasteiger partial charge on any atom is -0.481 e. The van der Waals surface area contributed by atoms with Crippen molar-refractivity contribution >= 4 is 53.3 Å². The number of aromatic nitrogens is 1. The van der Waals surface area contributed by atoms with Crippen LogP contribution in [0.3, 0.4) is 0 Å². The fraction of sp³-hybridized carbons (Fsp3) is 0.351. The largest absolute Gasteiger partial charge is 0.481 e. The molecule has 6 heteroatoms. The monoisotopic (exact) mass is 617 g/mol. The molecule has 4 nitrogen and oxygen atoms in total. The Labute approximate surface area is 267 Å². The van der Waals surface area contributed by atoms with E-state index in [0.29, 0.717) is 11.4 Å². The van der Waals surface area contributed by atoms with Crippen molar-refractivity contribution in [1.29, 1.82) is 0 Å². The molecule has 1 heterocycles. The Hall–Kier alpha value is -3.12. The van der Waals surface area contributed by atoms with Crippen LogP contribution in [0.2, 0.25) is 5.02 Å². The van der Waals surface area contributed by atoms with E-state index in [1.165, 1.54) is 11.1 Å². The molecule has 1 saturated carbocycles. The third-order valence-corrected chi connectivity index (χ3v) is 8.39. The standard InChI is InChI=1S/C29H28ClNO.C6H10O2S.C2H6/c1-29(2,32)27-12-4-3-10-23(27)11-6-9-21-7-5-8-22(19-21)13-17-26-18-15-24-14-16-25(30)20-28(24)31-26;7-5(8)3-6(4-9)1-2-6;1-2/h3-5,7-8,10,12-20,32H,6,9,11H2,1-2H3;9H,1-4H2,(H,7,8);1-2H3/b17-13+;;. The molecule has 228 valence electrons. The van der Waals surface area contributed by atoms with Crippen molar-refractivity contribution in [1.82, 2.24) is 4.98 Å². The summed E-state index contributed by atoms with van der Waals surface area (Å²) in [5.41, 5.74) is 5.78. The molecule has 1 aromatic heterocycles.